The van der Waals surface area contributed by atoms with Crippen LogP contribution in [0, 0.1) is 0 Å². The van der Waals surface area contributed by atoms with E-state index in [1.165, 1.54) is 44.9 Å². The van der Waals surface area contributed by atoms with Gasteiger partial charge in [0.2, 0.25) is 0 Å². The lowest BCUT2D eigenvalue weighted by molar-refractivity contribution is -0.166. The Morgan fingerprint density at radius 2 is 0.506 bits per heavy atom. The molecule has 1 unspecified atom stereocenters. The molecule has 0 bridgehead atoms. The normalized spacial score (nSPS) is 13.3. The lowest BCUT2D eigenvalue weighted by atomic mass is 10.1. The van der Waals surface area contributed by atoms with E-state index in [2.05, 4.69) is 179 Å². The van der Waals surface area contributed by atoms with Gasteiger partial charge in [-0.3, -0.25) is 14.4 Å². The van der Waals surface area contributed by atoms with Gasteiger partial charge in [0.15, 0.2) is 6.10 Å². The Morgan fingerprint density at radius 3 is 0.792 bits per heavy atom. The predicted molar refractivity (Wildman–Crippen MR) is 334 cm³/mol. The van der Waals surface area contributed by atoms with Crippen molar-refractivity contribution >= 4 is 17.9 Å². The van der Waals surface area contributed by atoms with Gasteiger partial charge in [-0.1, -0.05) is 262 Å². The van der Waals surface area contributed by atoms with Gasteiger partial charge in [0.1, 0.15) is 13.2 Å². The third-order valence-electron chi connectivity index (χ3n) is 12.2. The maximum Gasteiger partial charge on any atom is 0.310 e. The highest BCUT2D eigenvalue weighted by molar-refractivity contribution is 5.72. The second-order valence-corrected chi connectivity index (χ2v) is 19.5. The Labute approximate surface area is 472 Å². The standard InChI is InChI=1S/C71H110O6/c1-4-7-10-13-16-19-22-25-28-29-30-31-32-33-34-35-36-37-38-39-40-41-44-46-49-52-55-58-61-64-70(73)76-67-68(77-71(74)65-62-59-56-53-50-47-43-27-24-21-18-15-12-9-6-3)66-75-69(72)63-60-57-54-51-48-45-42-26-23-20-17-14-11-8-5-2/h7-12,16-21,25-28,30-31,33-34,36-37,42-43,50,53,59,62,68H,4-6,13-15,22-24,29,32,35,38-41,44-49,51-52,54-58,60-61,63-67H2,1-3H3/b10-7-,11-8-,12-9-,19-16-,20-17-,21-18-,28-25-,31-30-,34-33-,37-36-,42-26-,43-27-,53-50-,62-59-. The summed E-state index contributed by atoms with van der Waals surface area (Å²) in [4.78, 5) is 38.2. The average molecular weight is 1060 g/mol. The van der Waals surface area contributed by atoms with Gasteiger partial charge in [-0.2, -0.15) is 0 Å². The van der Waals surface area contributed by atoms with Crippen molar-refractivity contribution in [1.29, 1.82) is 0 Å². The predicted octanol–water partition coefficient (Wildman–Crippen LogP) is 21.1. The molecule has 0 radical (unpaired) electrons. The molecule has 6 nitrogen and oxygen atoms in total. The lowest BCUT2D eigenvalue weighted by Gasteiger charge is -2.18. The molecule has 0 rings (SSSR count). The van der Waals surface area contributed by atoms with Crippen LogP contribution in [-0.2, 0) is 28.6 Å². The topological polar surface area (TPSA) is 78.9 Å². The monoisotopic (exact) mass is 1060 g/mol. The molecule has 0 aliphatic rings. The molecule has 0 spiro atoms. The van der Waals surface area contributed by atoms with Gasteiger partial charge in [-0.15, -0.1) is 0 Å². The van der Waals surface area contributed by atoms with E-state index in [1.54, 1.807) is 6.08 Å². The molecule has 0 aromatic heterocycles. The first kappa shape index (κ1) is 71.8. The minimum atomic E-state index is -0.851. The molecular weight excluding hydrogens is 949 g/mol. The number of esters is 3. The van der Waals surface area contributed by atoms with Crippen molar-refractivity contribution in [2.75, 3.05) is 13.2 Å². The summed E-state index contributed by atoms with van der Waals surface area (Å²) >= 11 is 0. The molecule has 0 amide bonds. The van der Waals surface area contributed by atoms with E-state index >= 15 is 0 Å². The number of carbonyl (C=O) groups excluding carboxylic acids is 3. The van der Waals surface area contributed by atoms with Crippen LogP contribution in [0.2, 0.25) is 0 Å². The van der Waals surface area contributed by atoms with Gasteiger partial charge in [0, 0.05) is 12.8 Å². The number of unbranched alkanes of at least 4 members (excludes halogenated alkanes) is 15. The fourth-order valence-electron chi connectivity index (χ4n) is 7.77. The summed E-state index contributed by atoms with van der Waals surface area (Å²) in [6.07, 6.45) is 93.8. The van der Waals surface area contributed by atoms with Crippen molar-refractivity contribution < 1.29 is 28.6 Å². The number of hydrogen-bond acceptors (Lipinski definition) is 6. The number of allylic oxidation sites excluding steroid dienone is 27. The van der Waals surface area contributed by atoms with Crippen LogP contribution < -0.4 is 0 Å². The first-order valence-electron chi connectivity index (χ1n) is 30.6. The molecule has 0 aromatic rings. The number of ether oxygens (including phenoxy) is 3. The second kappa shape index (κ2) is 63.3. The average Bonchev–Trinajstić information content (AvgIpc) is 3.43. The molecule has 0 heterocycles. The summed E-state index contributed by atoms with van der Waals surface area (Å²) in [5, 5.41) is 0. The molecule has 0 saturated carbocycles. The molecule has 430 valence electrons. The molecule has 0 aliphatic carbocycles. The number of rotatable bonds is 53. The molecule has 77 heavy (non-hydrogen) atoms. The molecule has 0 fully saturated rings. The number of hydrogen-bond donors (Lipinski definition) is 0. The van der Waals surface area contributed by atoms with Gasteiger partial charge in [-0.25, -0.2) is 0 Å². The van der Waals surface area contributed by atoms with Crippen molar-refractivity contribution in [1.82, 2.24) is 0 Å². The molecule has 0 saturated heterocycles. The number of carbonyl (C=O) groups is 3. The smallest absolute Gasteiger partial charge is 0.310 e. The molecule has 0 N–H and O–H groups in total. The summed E-state index contributed by atoms with van der Waals surface area (Å²) in [5.74, 6) is -1.09. The zero-order chi connectivity index (χ0) is 55.7. The van der Waals surface area contributed by atoms with Crippen molar-refractivity contribution in [3.63, 3.8) is 0 Å². The van der Waals surface area contributed by atoms with E-state index in [4.69, 9.17) is 14.2 Å². The van der Waals surface area contributed by atoms with E-state index in [-0.39, 0.29) is 31.6 Å². The van der Waals surface area contributed by atoms with Gasteiger partial charge in [0.25, 0.3) is 0 Å². The summed E-state index contributed by atoms with van der Waals surface area (Å²) in [6, 6.07) is 0. The highest BCUT2D eigenvalue weighted by Crippen LogP contribution is 2.14. The van der Waals surface area contributed by atoms with Crippen LogP contribution in [0.15, 0.2) is 170 Å². The quantitative estimate of drug-likeness (QED) is 0.0261. The summed E-state index contributed by atoms with van der Waals surface area (Å²) in [5.41, 5.74) is 0. The third kappa shape index (κ3) is 61.5. The van der Waals surface area contributed by atoms with E-state index in [0.717, 1.165) is 148 Å². The highest BCUT2D eigenvalue weighted by Gasteiger charge is 2.19. The third-order valence-corrected chi connectivity index (χ3v) is 12.2. The zero-order valence-corrected chi connectivity index (χ0v) is 49.1. The van der Waals surface area contributed by atoms with Crippen LogP contribution in [0.5, 0.6) is 0 Å². The van der Waals surface area contributed by atoms with E-state index < -0.39 is 12.1 Å². The Morgan fingerprint density at radius 1 is 0.273 bits per heavy atom. The highest BCUT2D eigenvalue weighted by atomic mass is 16.6. The van der Waals surface area contributed by atoms with Crippen LogP contribution >= 0.6 is 0 Å². The Balaban J connectivity index is 4.41. The van der Waals surface area contributed by atoms with E-state index in [9.17, 15) is 14.4 Å². The van der Waals surface area contributed by atoms with Gasteiger partial charge in [-0.05, 0) is 128 Å². The van der Waals surface area contributed by atoms with Crippen LogP contribution in [0.25, 0.3) is 0 Å². The van der Waals surface area contributed by atoms with Crippen molar-refractivity contribution in [2.24, 2.45) is 0 Å². The van der Waals surface area contributed by atoms with E-state index in [0.29, 0.717) is 19.3 Å². The van der Waals surface area contributed by atoms with Gasteiger partial charge < -0.3 is 14.2 Å². The molecule has 0 aliphatic heterocycles. The SMILES string of the molecule is CC/C=C\C/C=C\C/C=C\C/C=C\C/C=C\C/C=C\CCCCCCCCCCCCC(=O)OCC(COC(=O)CCCCCCC/C=C\C/C=C\C/C=C\CC)OC(=O)C/C=C\C/C=C\C/C=C\C/C=C\C/C=C\CC. The Hall–Kier alpha value is -5.23. The van der Waals surface area contributed by atoms with E-state index in [1.807, 2.05) is 6.08 Å². The molecule has 6 heteroatoms. The van der Waals surface area contributed by atoms with Crippen LogP contribution in [0.3, 0.4) is 0 Å². The maximum absolute atomic E-state index is 12.8. The molecular formula is C71H110O6. The largest absolute Gasteiger partial charge is 0.462 e. The zero-order valence-electron chi connectivity index (χ0n) is 49.1. The second-order valence-electron chi connectivity index (χ2n) is 19.5. The fraction of sp³-hybridized carbons (Fsp3) is 0.563. The minimum Gasteiger partial charge on any atom is -0.462 e. The fourth-order valence-corrected chi connectivity index (χ4v) is 7.77. The Kier molecular flexibility index (Phi) is 59.0. The first-order chi connectivity index (χ1) is 38.0. The minimum absolute atomic E-state index is 0.0841. The van der Waals surface area contributed by atoms with Crippen LogP contribution in [0.1, 0.15) is 239 Å². The summed E-state index contributed by atoms with van der Waals surface area (Å²) < 4.78 is 16.8. The lowest BCUT2D eigenvalue weighted by Crippen LogP contribution is -2.30. The van der Waals surface area contributed by atoms with Crippen molar-refractivity contribution in [3.05, 3.63) is 170 Å². The van der Waals surface area contributed by atoms with Gasteiger partial charge >= 0.3 is 17.9 Å². The van der Waals surface area contributed by atoms with Crippen molar-refractivity contribution in [2.45, 2.75) is 245 Å². The molecule has 1 atom stereocenters. The Bertz CT molecular complexity index is 1790. The van der Waals surface area contributed by atoms with Crippen LogP contribution in [0.4, 0.5) is 0 Å². The summed E-state index contributed by atoms with van der Waals surface area (Å²) in [7, 11) is 0. The van der Waals surface area contributed by atoms with Gasteiger partial charge in [0.05, 0.1) is 6.42 Å². The first-order valence-corrected chi connectivity index (χ1v) is 30.6. The summed E-state index contributed by atoms with van der Waals surface area (Å²) in [6.45, 7) is 6.18. The maximum atomic E-state index is 12.8. The molecule has 0 aromatic carbocycles. The van der Waals surface area contributed by atoms with Crippen LogP contribution in [-0.4, -0.2) is 37.2 Å². The van der Waals surface area contributed by atoms with Crippen molar-refractivity contribution in [3.8, 4) is 0 Å².